The van der Waals surface area contributed by atoms with Gasteiger partial charge in [-0.2, -0.15) is 0 Å². The van der Waals surface area contributed by atoms with Crippen LogP contribution in [0.4, 0.5) is 0 Å². The number of hydrogen-bond acceptors (Lipinski definition) is 4. The van der Waals surface area contributed by atoms with Crippen LogP contribution in [0.1, 0.15) is 47.5 Å². The predicted molar refractivity (Wildman–Crippen MR) is 85.9 cm³/mol. The van der Waals surface area contributed by atoms with Gasteiger partial charge in [0.05, 0.1) is 11.5 Å². The molecule has 1 N–H and O–H groups in total. The fraction of sp³-hybridized carbons (Fsp3) is 1.00. The molecule has 5 heteroatoms. The van der Waals surface area contributed by atoms with Crippen LogP contribution in [0.15, 0.2) is 0 Å². The minimum Gasteiger partial charge on any atom is -0.311 e. The molecule has 1 rings (SSSR count). The normalized spacial score (nSPS) is 24.1. The highest BCUT2D eigenvalue weighted by molar-refractivity contribution is 7.91. The third-order valence-electron chi connectivity index (χ3n) is 4.15. The molecule has 1 atom stereocenters. The summed E-state index contributed by atoms with van der Waals surface area (Å²) in [6.07, 6.45) is 1.87. The van der Waals surface area contributed by atoms with Crippen LogP contribution in [0.5, 0.6) is 0 Å². The van der Waals surface area contributed by atoms with E-state index in [0.29, 0.717) is 18.1 Å². The van der Waals surface area contributed by atoms with E-state index in [2.05, 4.69) is 44.8 Å². The molecule has 1 aliphatic heterocycles. The second-order valence-corrected chi connectivity index (χ2v) is 9.85. The highest BCUT2D eigenvalue weighted by Gasteiger charge is 2.28. The number of nitrogens with one attached hydrogen (secondary N) is 1. The monoisotopic (exact) mass is 304 g/mol. The van der Waals surface area contributed by atoms with E-state index in [-0.39, 0.29) is 11.0 Å². The number of sulfone groups is 1. The van der Waals surface area contributed by atoms with Gasteiger partial charge in [0.15, 0.2) is 9.84 Å². The van der Waals surface area contributed by atoms with Gasteiger partial charge in [0.2, 0.25) is 0 Å². The van der Waals surface area contributed by atoms with Gasteiger partial charge in [-0.3, -0.25) is 0 Å². The molecule has 1 fully saturated rings. The maximum atomic E-state index is 11.7. The summed E-state index contributed by atoms with van der Waals surface area (Å²) in [4.78, 5) is 2.33. The van der Waals surface area contributed by atoms with E-state index in [1.165, 1.54) is 0 Å². The zero-order valence-corrected chi connectivity index (χ0v) is 14.6. The van der Waals surface area contributed by atoms with E-state index in [1.54, 1.807) is 0 Å². The fourth-order valence-electron chi connectivity index (χ4n) is 2.46. The average molecular weight is 305 g/mol. The van der Waals surface area contributed by atoms with Crippen molar-refractivity contribution in [3.05, 3.63) is 0 Å². The fourth-order valence-corrected chi connectivity index (χ4v) is 3.77. The van der Waals surface area contributed by atoms with Crippen molar-refractivity contribution >= 4 is 9.84 Å². The molecular formula is C15H32N2O2S. The van der Waals surface area contributed by atoms with Gasteiger partial charge >= 0.3 is 0 Å². The maximum absolute atomic E-state index is 11.7. The zero-order valence-electron chi connectivity index (χ0n) is 13.8. The molecule has 0 aliphatic carbocycles. The largest absolute Gasteiger partial charge is 0.311 e. The molecule has 0 amide bonds. The van der Waals surface area contributed by atoms with Crippen LogP contribution in [0.3, 0.4) is 0 Å². The Balaban J connectivity index is 2.58. The van der Waals surface area contributed by atoms with Gasteiger partial charge in [-0.15, -0.1) is 0 Å². The van der Waals surface area contributed by atoms with Crippen LogP contribution in [-0.4, -0.2) is 56.5 Å². The molecule has 4 nitrogen and oxygen atoms in total. The summed E-state index contributed by atoms with van der Waals surface area (Å²) in [6, 6.07) is 0. The second kappa shape index (κ2) is 6.75. The first-order valence-electron chi connectivity index (χ1n) is 7.73. The van der Waals surface area contributed by atoms with Gasteiger partial charge in [0.1, 0.15) is 0 Å². The van der Waals surface area contributed by atoms with Crippen LogP contribution in [0, 0.1) is 5.41 Å². The smallest absolute Gasteiger partial charge is 0.151 e. The van der Waals surface area contributed by atoms with Gasteiger partial charge in [0.25, 0.3) is 0 Å². The molecule has 0 bridgehead atoms. The van der Waals surface area contributed by atoms with Gasteiger partial charge in [-0.25, -0.2) is 8.42 Å². The molecule has 1 aliphatic rings. The Morgan fingerprint density at radius 3 is 2.30 bits per heavy atom. The quantitative estimate of drug-likeness (QED) is 0.843. The summed E-state index contributed by atoms with van der Waals surface area (Å²) < 4.78 is 23.3. The third-order valence-corrected chi connectivity index (χ3v) is 5.87. The molecule has 0 aromatic heterocycles. The van der Waals surface area contributed by atoms with Crippen molar-refractivity contribution in [3.63, 3.8) is 0 Å². The molecule has 1 heterocycles. The molecule has 1 unspecified atom stereocenters. The maximum Gasteiger partial charge on any atom is 0.151 e. The molecule has 0 saturated carbocycles. The third kappa shape index (κ3) is 6.55. The standard InChI is InChI=1S/C15H32N2O2S/c1-6-15(5,12-16-14(2,3)4)13-17-8-7-10-20(18,19)11-9-17/h16H,6-13H2,1-5H3. The lowest BCUT2D eigenvalue weighted by Crippen LogP contribution is -2.47. The Kier molecular flexibility index (Phi) is 6.05. The van der Waals surface area contributed by atoms with Gasteiger partial charge < -0.3 is 10.2 Å². The lowest BCUT2D eigenvalue weighted by Gasteiger charge is -2.37. The Morgan fingerprint density at radius 2 is 1.75 bits per heavy atom. The first-order chi connectivity index (χ1) is 9.05. The first kappa shape index (κ1) is 17.9. The molecule has 1 saturated heterocycles. The van der Waals surface area contributed by atoms with E-state index >= 15 is 0 Å². The Hall–Kier alpha value is -0.130. The Labute approximate surface area is 125 Å². The molecule has 0 spiro atoms. The lowest BCUT2D eigenvalue weighted by molar-refractivity contribution is 0.153. The van der Waals surface area contributed by atoms with Gasteiger partial charge in [0, 0.05) is 25.2 Å². The predicted octanol–water partition coefficient (Wildman–Crippen LogP) is 1.91. The van der Waals surface area contributed by atoms with Crippen molar-refractivity contribution < 1.29 is 8.42 Å². The lowest BCUT2D eigenvalue weighted by atomic mass is 9.85. The molecule has 0 aromatic rings. The van der Waals surface area contributed by atoms with Crippen molar-refractivity contribution in [2.24, 2.45) is 5.41 Å². The molecule has 0 radical (unpaired) electrons. The van der Waals surface area contributed by atoms with Gasteiger partial charge in [-0.05, 0) is 45.6 Å². The van der Waals surface area contributed by atoms with Crippen LogP contribution >= 0.6 is 0 Å². The molecular weight excluding hydrogens is 272 g/mol. The summed E-state index contributed by atoms with van der Waals surface area (Å²) in [5.41, 5.74) is 0.319. The molecule has 20 heavy (non-hydrogen) atoms. The summed E-state index contributed by atoms with van der Waals surface area (Å²) in [6.45, 7) is 14.6. The van der Waals surface area contributed by atoms with Crippen LogP contribution < -0.4 is 5.32 Å². The summed E-state index contributed by atoms with van der Waals surface area (Å²) in [7, 11) is -2.81. The molecule has 0 aromatic carbocycles. The van der Waals surface area contributed by atoms with Gasteiger partial charge in [-0.1, -0.05) is 13.8 Å². The van der Waals surface area contributed by atoms with E-state index in [0.717, 1.165) is 32.5 Å². The van der Waals surface area contributed by atoms with E-state index in [4.69, 9.17) is 0 Å². The molecule has 120 valence electrons. The van der Waals surface area contributed by atoms with Crippen LogP contribution in [-0.2, 0) is 9.84 Å². The van der Waals surface area contributed by atoms with Crippen molar-refractivity contribution in [1.82, 2.24) is 10.2 Å². The van der Waals surface area contributed by atoms with Crippen LogP contribution in [0.25, 0.3) is 0 Å². The average Bonchev–Trinajstić information content (AvgIpc) is 2.48. The van der Waals surface area contributed by atoms with Crippen molar-refractivity contribution in [1.29, 1.82) is 0 Å². The van der Waals surface area contributed by atoms with E-state index in [9.17, 15) is 8.42 Å². The van der Waals surface area contributed by atoms with Crippen molar-refractivity contribution in [2.45, 2.75) is 53.0 Å². The minimum atomic E-state index is -2.81. The first-order valence-corrected chi connectivity index (χ1v) is 9.55. The summed E-state index contributed by atoms with van der Waals surface area (Å²) >= 11 is 0. The van der Waals surface area contributed by atoms with Crippen molar-refractivity contribution in [3.8, 4) is 0 Å². The highest BCUT2D eigenvalue weighted by atomic mass is 32.2. The van der Waals surface area contributed by atoms with E-state index in [1.807, 2.05) is 0 Å². The zero-order chi connectivity index (χ0) is 15.4. The number of rotatable bonds is 5. The highest BCUT2D eigenvalue weighted by Crippen LogP contribution is 2.23. The summed E-state index contributed by atoms with van der Waals surface area (Å²) in [5, 5.41) is 3.59. The van der Waals surface area contributed by atoms with Crippen molar-refractivity contribution in [2.75, 3.05) is 37.7 Å². The minimum absolute atomic E-state index is 0.124. The Morgan fingerprint density at radius 1 is 1.10 bits per heavy atom. The topological polar surface area (TPSA) is 49.4 Å². The number of nitrogens with zero attached hydrogens (tertiary/aromatic N) is 1. The Bertz CT molecular complexity index is 401. The van der Waals surface area contributed by atoms with Crippen LogP contribution in [0.2, 0.25) is 0 Å². The second-order valence-electron chi connectivity index (χ2n) is 7.55. The van der Waals surface area contributed by atoms with E-state index < -0.39 is 9.84 Å². The summed E-state index contributed by atoms with van der Waals surface area (Å²) in [5.74, 6) is 0.673. The number of hydrogen-bond donors (Lipinski definition) is 1. The SMILES string of the molecule is CCC(C)(CNC(C)(C)C)CN1CCCS(=O)(=O)CC1.